The Hall–Kier alpha value is -1.71. The number of ether oxygens (including phenoxy) is 1. The molecule has 1 aromatic carbocycles. The van der Waals surface area contributed by atoms with E-state index in [1.165, 1.54) is 0 Å². The maximum absolute atomic E-state index is 10.3. The minimum absolute atomic E-state index is 0.170. The molecule has 0 saturated heterocycles. The molecule has 0 aromatic heterocycles. The maximum atomic E-state index is 10.3. The molecule has 0 heterocycles. The van der Waals surface area contributed by atoms with Crippen molar-refractivity contribution in [3.05, 3.63) is 24.3 Å². The summed E-state index contributed by atoms with van der Waals surface area (Å²) in [7, 11) is 0. The molecule has 1 aromatic rings. The molecule has 0 aliphatic rings. The van der Waals surface area contributed by atoms with E-state index in [-0.39, 0.29) is 6.10 Å². The van der Waals surface area contributed by atoms with Gasteiger partial charge >= 0.3 is 6.09 Å². The molecule has 1 amide bonds. The lowest BCUT2D eigenvalue weighted by molar-refractivity contribution is 0.209. The molecule has 1 rings (SSSR count). The number of amides is 1. The van der Waals surface area contributed by atoms with Gasteiger partial charge in [-0.1, -0.05) is 6.92 Å². The first-order chi connectivity index (χ1) is 7.11. The average molecular weight is 209 g/mol. The SMILES string of the molecule is CCC(C)Oc1ccc(NC(=O)O)cc1. The number of carboxylic acid groups (broad SMARTS) is 1. The number of nitrogens with one attached hydrogen (secondary N) is 1. The summed E-state index contributed by atoms with van der Waals surface area (Å²) in [5.74, 6) is 0.750. The molecular weight excluding hydrogens is 194 g/mol. The summed E-state index contributed by atoms with van der Waals surface area (Å²) >= 11 is 0. The van der Waals surface area contributed by atoms with Gasteiger partial charge in [-0.25, -0.2) is 4.79 Å². The van der Waals surface area contributed by atoms with Gasteiger partial charge in [-0.2, -0.15) is 0 Å². The van der Waals surface area contributed by atoms with E-state index in [2.05, 4.69) is 5.32 Å². The summed E-state index contributed by atoms with van der Waals surface area (Å²) in [6.07, 6.45) is 0.0451. The third kappa shape index (κ3) is 3.89. The van der Waals surface area contributed by atoms with Crippen molar-refractivity contribution in [2.45, 2.75) is 26.4 Å². The fourth-order valence-electron chi connectivity index (χ4n) is 1.06. The van der Waals surface area contributed by atoms with Gasteiger partial charge in [0, 0.05) is 5.69 Å². The summed E-state index contributed by atoms with van der Waals surface area (Å²) in [5, 5.41) is 10.7. The monoisotopic (exact) mass is 209 g/mol. The van der Waals surface area contributed by atoms with Gasteiger partial charge < -0.3 is 9.84 Å². The summed E-state index contributed by atoms with van der Waals surface area (Å²) < 4.78 is 5.55. The van der Waals surface area contributed by atoms with Crippen molar-refractivity contribution < 1.29 is 14.6 Å². The van der Waals surface area contributed by atoms with Crippen LogP contribution in [0, 0.1) is 0 Å². The lowest BCUT2D eigenvalue weighted by Crippen LogP contribution is -2.10. The topological polar surface area (TPSA) is 58.6 Å². The molecule has 0 bridgehead atoms. The molecule has 0 spiro atoms. The second kappa shape index (κ2) is 5.24. The summed E-state index contributed by atoms with van der Waals surface area (Å²) in [4.78, 5) is 10.3. The lowest BCUT2D eigenvalue weighted by Gasteiger charge is -2.12. The highest BCUT2D eigenvalue weighted by Gasteiger charge is 2.01. The first-order valence-corrected chi connectivity index (χ1v) is 4.88. The van der Waals surface area contributed by atoms with Crippen molar-refractivity contribution >= 4 is 11.8 Å². The van der Waals surface area contributed by atoms with E-state index in [0.29, 0.717) is 5.69 Å². The summed E-state index contributed by atoms with van der Waals surface area (Å²) in [6, 6.07) is 6.84. The van der Waals surface area contributed by atoms with Crippen molar-refractivity contribution in [3.8, 4) is 5.75 Å². The zero-order valence-electron chi connectivity index (χ0n) is 8.86. The molecule has 0 aliphatic heterocycles. The molecule has 0 aliphatic carbocycles. The van der Waals surface area contributed by atoms with Crippen LogP contribution in [0.15, 0.2) is 24.3 Å². The van der Waals surface area contributed by atoms with E-state index < -0.39 is 6.09 Å². The minimum atomic E-state index is -1.06. The molecule has 82 valence electrons. The van der Waals surface area contributed by atoms with E-state index >= 15 is 0 Å². The molecule has 15 heavy (non-hydrogen) atoms. The zero-order valence-corrected chi connectivity index (χ0v) is 8.86. The van der Waals surface area contributed by atoms with Crippen LogP contribution in [-0.4, -0.2) is 17.3 Å². The van der Waals surface area contributed by atoms with Crippen molar-refractivity contribution in [2.24, 2.45) is 0 Å². The van der Waals surface area contributed by atoms with Crippen molar-refractivity contribution in [2.75, 3.05) is 5.32 Å². The van der Waals surface area contributed by atoms with E-state index in [4.69, 9.17) is 9.84 Å². The van der Waals surface area contributed by atoms with Crippen LogP contribution < -0.4 is 10.1 Å². The van der Waals surface area contributed by atoms with Gasteiger partial charge in [0.15, 0.2) is 0 Å². The van der Waals surface area contributed by atoms with Gasteiger partial charge in [0.2, 0.25) is 0 Å². The fraction of sp³-hybridized carbons (Fsp3) is 0.364. The smallest absolute Gasteiger partial charge is 0.409 e. The Morgan fingerprint density at radius 1 is 1.47 bits per heavy atom. The lowest BCUT2D eigenvalue weighted by atomic mass is 10.3. The molecule has 1 unspecified atom stereocenters. The van der Waals surface area contributed by atoms with Crippen LogP contribution >= 0.6 is 0 Å². The molecule has 4 nitrogen and oxygen atoms in total. The number of hydrogen-bond acceptors (Lipinski definition) is 2. The third-order valence-corrected chi connectivity index (χ3v) is 2.02. The number of hydrogen-bond donors (Lipinski definition) is 2. The molecular formula is C11H15NO3. The highest BCUT2D eigenvalue weighted by atomic mass is 16.5. The summed E-state index contributed by atoms with van der Waals surface area (Å²) in [6.45, 7) is 4.04. The van der Waals surface area contributed by atoms with Gasteiger partial charge in [0.05, 0.1) is 6.10 Å². The maximum Gasteiger partial charge on any atom is 0.409 e. The van der Waals surface area contributed by atoms with Crippen LogP contribution in [0.3, 0.4) is 0 Å². The molecule has 1 atom stereocenters. The third-order valence-electron chi connectivity index (χ3n) is 2.02. The second-order valence-corrected chi connectivity index (χ2v) is 3.29. The van der Waals surface area contributed by atoms with Crippen molar-refractivity contribution in [1.82, 2.24) is 0 Å². The van der Waals surface area contributed by atoms with Gasteiger partial charge in [-0.15, -0.1) is 0 Å². The first kappa shape index (κ1) is 11.4. The van der Waals surface area contributed by atoms with Gasteiger partial charge in [0.1, 0.15) is 5.75 Å². The predicted molar refractivity (Wildman–Crippen MR) is 58.5 cm³/mol. The highest BCUT2D eigenvalue weighted by Crippen LogP contribution is 2.17. The number of rotatable bonds is 4. The number of benzene rings is 1. The molecule has 2 N–H and O–H groups in total. The van der Waals surface area contributed by atoms with Crippen LogP contribution in [0.4, 0.5) is 10.5 Å². The molecule has 0 saturated carbocycles. The van der Waals surface area contributed by atoms with Crippen LogP contribution in [0.25, 0.3) is 0 Å². The van der Waals surface area contributed by atoms with E-state index in [0.717, 1.165) is 12.2 Å². The second-order valence-electron chi connectivity index (χ2n) is 3.29. The molecule has 4 heteroatoms. The minimum Gasteiger partial charge on any atom is -0.491 e. The van der Waals surface area contributed by atoms with Gasteiger partial charge in [-0.05, 0) is 37.6 Å². The van der Waals surface area contributed by atoms with Crippen LogP contribution in [0.1, 0.15) is 20.3 Å². The Bertz CT molecular complexity index is 321. The largest absolute Gasteiger partial charge is 0.491 e. The number of carbonyl (C=O) groups is 1. The quantitative estimate of drug-likeness (QED) is 0.801. The first-order valence-electron chi connectivity index (χ1n) is 4.88. The van der Waals surface area contributed by atoms with Gasteiger partial charge in [-0.3, -0.25) is 5.32 Å². The zero-order chi connectivity index (χ0) is 11.3. The van der Waals surface area contributed by atoms with E-state index in [1.54, 1.807) is 24.3 Å². The average Bonchev–Trinajstić information content (AvgIpc) is 2.20. The summed E-state index contributed by atoms with van der Waals surface area (Å²) in [5.41, 5.74) is 0.541. The number of anilines is 1. The standard InChI is InChI=1S/C11H15NO3/c1-3-8(2)15-10-6-4-9(5-7-10)12-11(13)14/h4-8,12H,3H2,1-2H3,(H,13,14). The Balaban J connectivity index is 2.60. The van der Waals surface area contributed by atoms with Crippen LogP contribution in [-0.2, 0) is 0 Å². The van der Waals surface area contributed by atoms with E-state index in [1.807, 2.05) is 13.8 Å². The predicted octanol–water partition coefficient (Wildman–Crippen LogP) is 2.95. The molecule has 0 fully saturated rings. The van der Waals surface area contributed by atoms with Gasteiger partial charge in [0.25, 0.3) is 0 Å². The fourth-order valence-corrected chi connectivity index (χ4v) is 1.06. The Morgan fingerprint density at radius 2 is 2.07 bits per heavy atom. The van der Waals surface area contributed by atoms with Crippen LogP contribution in [0.5, 0.6) is 5.75 Å². The van der Waals surface area contributed by atoms with Crippen molar-refractivity contribution in [3.63, 3.8) is 0 Å². The van der Waals surface area contributed by atoms with Crippen LogP contribution in [0.2, 0.25) is 0 Å². The highest BCUT2D eigenvalue weighted by molar-refractivity contribution is 5.82. The normalized spacial score (nSPS) is 11.9. The molecule has 0 radical (unpaired) electrons. The Kier molecular flexibility index (Phi) is 3.97. The van der Waals surface area contributed by atoms with Crippen molar-refractivity contribution in [1.29, 1.82) is 0 Å². The van der Waals surface area contributed by atoms with E-state index in [9.17, 15) is 4.79 Å². The Morgan fingerprint density at radius 3 is 2.53 bits per heavy atom. The Labute approximate surface area is 88.9 Å².